The Morgan fingerprint density at radius 2 is 1.96 bits per heavy atom. The van der Waals surface area contributed by atoms with Crippen LogP contribution in [0.5, 0.6) is 0 Å². The van der Waals surface area contributed by atoms with Gasteiger partial charge in [-0.2, -0.15) is 0 Å². The van der Waals surface area contributed by atoms with Crippen molar-refractivity contribution in [3.05, 3.63) is 51.7 Å². The molecular formula is C16H12N2O3S3. The van der Waals surface area contributed by atoms with Gasteiger partial charge in [-0.05, 0) is 17.7 Å². The Morgan fingerprint density at radius 1 is 1.17 bits per heavy atom. The van der Waals surface area contributed by atoms with Crippen LogP contribution < -0.4 is 5.32 Å². The molecule has 0 saturated carbocycles. The minimum Gasteiger partial charge on any atom is -0.297 e. The molecule has 2 heterocycles. The Bertz CT molecular complexity index is 1060. The summed E-state index contributed by atoms with van der Waals surface area (Å²) in [6.45, 7) is 0. The van der Waals surface area contributed by atoms with Gasteiger partial charge in [0.1, 0.15) is 4.21 Å². The molecule has 0 unspecified atom stereocenters. The van der Waals surface area contributed by atoms with Crippen molar-refractivity contribution in [3.8, 4) is 11.3 Å². The van der Waals surface area contributed by atoms with Crippen molar-refractivity contribution in [2.75, 3.05) is 11.6 Å². The Labute approximate surface area is 146 Å². The second kappa shape index (κ2) is 5.51. The van der Waals surface area contributed by atoms with Crippen molar-refractivity contribution in [2.45, 2.75) is 10.6 Å². The lowest BCUT2D eigenvalue weighted by Gasteiger charge is -2.00. The zero-order valence-electron chi connectivity index (χ0n) is 12.6. The second-order valence-electron chi connectivity index (χ2n) is 5.47. The van der Waals surface area contributed by atoms with E-state index in [1.54, 1.807) is 0 Å². The highest BCUT2D eigenvalue weighted by molar-refractivity contribution is 7.92. The average molecular weight is 376 g/mol. The first-order valence-electron chi connectivity index (χ1n) is 7.11. The topological polar surface area (TPSA) is 76.1 Å². The van der Waals surface area contributed by atoms with Crippen LogP contribution in [-0.2, 0) is 16.3 Å². The predicted molar refractivity (Wildman–Crippen MR) is 95.7 cm³/mol. The van der Waals surface area contributed by atoms with Gasteiger partial charge in [-0.1, -0.05) is 24.3 Å². The maximum absolute atomic E-state index is 12.3. The van der Waals surface area contributed by atoms with E-state index in [1.807, 2.05) is 18.2 Å². The maximum Gasteiger partial charge on any atom is 0.267 e. The first kappa shape index (κ1) is 15.5. The summed E-state index contributed by atoms with van der Waals surface area (Å²) >= 11 is 2.42. The van der Waals surface area contributed by atoms with Crippen molar-refractivity contribution >= 4 is 43.5 Å². The summed E-state index contributed by atoms with van der Waals surface area (Å²) in [7, 11) is -3.29. The van der Waals surface area contributed by atoms with Gasteiger partial charge in [-0.3, -0.25) is 10.1 Å². The number of sulfone groups is 1. The summed E-state index contributed by atoms with van der Waals surface area (Å²) in [5.74, 6) is -0.337. The van der Waals surface area contributed by atoms with E-state index in [9.17, 15) is 13.2 Å². The molecule has 5 nitrogen and oxygen atoms in total. The third kappa shape index (κ3) is 2.66. The van der Waals surface area contributed by atoms with E-state index in [2.05, 4.69) is 16.4 Å². The average Bonchev–Trinajstić information content (AvgIpc) is 3.19. The van der Waals surface area contributed by atoms with Crippen LogP contribution in [0.3, 0.4) is 0 Å². The number of hydrogen-bond acceptors (Lipinski definition) is 6. The molecule has 8 heteroatoms. The number of fused-ring (bicyclic) bond motifs is 3. The van der Waals surface area contributed by atoms with Crippen molar-refractivity contribution in [1.29, 1.82) is 0 Å². The SMILES string of the molecule is CS(=O)(=O)c1ccc(C(=O)Nc2nc3c(s2)Cc2ccccc2-3)s1. The van der Waals surface area contributed by atoms with E-state index in [0.717, 1.165) is 40.1 Å². The molecule has 1 aliphatic rings. The van der Waals surface area contributed by atoms with E-state index in [0.29, 0.717) is 10.0 Å². The number of carbonyl (C=O) groups excluding carboxylic acids is 1. The molecule has 0 fully saturated rings. The highest BCUT2D eigenvalue weighted by Gasteiger charge is 2.24. The highest BCUT2D eigenvalue weighted by atomic mass is 32.2. The van der Waals surface area contributed by atoms with Gasteiger partial charge < -0.3 is 0 Å². The lowest BCUT2D eigenvalue weighted by molar-refractivity contribution is 0.103. The smallest absolute Gasteiger partial charge is 0.267 e. The van der Waals surface area contributed by atoms with E-state index in [-0.39, 0.29) is 10.1 Å². The molecule has 1 amide bonds. The first-order chi connectivity index (χ1) is 11.4. The molecule has 0 radical (unpaired) electrons. The Hall–Kier alpha value is -2.03. The summed E-state index contributed by atoms with van der Waals surface area (Å²) in [6, 6.07) is 11.1. The second-order valence-corrected chi connectivity index (χ2v) is 9.88. The summed E-state index contributed by atoms with van der Waals surface area (Å²) in [4.78, 5) is 18.3. The number of nitrogens with zero attached hydrogens (tertiary/aromatic N) is 1. The van der Waals surface area contributed by atoms with Crippen LogP contribution >= 0.6 is 22.7 Å². The van der Waals surface area contributed by atoms with Crippen LogP contribution in [0.2, 0.25) is 0 Å². The third-order valence-electron chi connectivity index (χ3n) is 3.71. The number of amides is 1. The van der Waals surface area contributed by atoms with Crippen molar-refractivity contribution in [3.63, 3.8) is 0 Å². The Morgan fingerprint density at radius 3 is 2.71 bits per heavy atom. The molecule has 1 N–H and O–H groups in total. The largest absolute Gasteiger partial charge is 0.297 e. The predicted octanol–water partition coefficient (Wildman–Crippen LogP) is 3.43. The summed E-state index contributed by atoms with van der Waals surface area (Å²) in [5, 5.41) is 3.30. The number of benzene rings is 1. The van der Waals surface area contributed by atoms with Crippen molar-refractivity contribution < 1.29 is 13.2 Å². The summed E-state index contributed by atoms with van der Waals surface area (Å²) in [5.41, 5.74) is 3.29. The van der Waals surface area contributed by atoms with Crippen LogP contribution in [0.25, 0.3) is 11.3 Å². The van der Waals surface area contributed by atoms with Gasteiger partial charge in [0.2, 0.25) is 0 Å². The first-order valence-corrected chi connectivity index (χ1v) is 10.6. The highest BCUT2D eigenvalue weighted by Crippen LogP contribution is 2.40. The molecule has 0 spiro atoms. The molecular weight excluding hydrogens is 364 g/mol. The van der Waals surface area contributed by atoms with Crippen LogP contribution in [0.4, 0.5) is 5.13 Å². The van der Waals surface area contributed by atoms with E-state index in [1.165, 1.54) is 29.0 Å². The molecule has 4 rings (SSSR count). The van der Waals surface area contributed by atoms with Gasteiger partial charge in [0, 0.05) is 23.1 Å². The quantitative estimate of drug-likeness (QED) is 0.594. The number of hydrogen-bond donors (Lipinski definition) is 1. The normalized spacial score (nSPS) is 12.7. The lowest BCUT2D eigenvalue weighted by Crippen LogP contribution is -2.09. The lowest BCUT2D eigenvalue weighted by atomic mass is 10.1. The van der Waals surface area contributed by atoms with Gasteiger partial charge in [0.05, 0.1) is 10.6 Å². The van der Waals surface area contributed by atoms with Gasteiger partial charge >= 0.3 is 0 Å². The van der Waals surface area contributed by atoms with E-state index < -0.39 is 9.84 Å². The molecule has 3 aromatic rings. The van der Waals surface area contributed by atoms with Gasteiger partial charge in [-0.25, -0.2) is 13.4 Å². The maximum atomic E-state index is 12.3. The zero-order chi connectivity index (χ0) is 16.9. The minimum absolute atomic E-state index is 0.184. The summed E-state index contributed by atoms with van der Waals surface area (Å²) < 4.78 is 23.2. The van der Waals surface area contributed by atoms with Crippen LogP contribution in [-0.4, -0.2) is 25.6 Å². The number of aromatic nitrogens is 1. The number of thiophene rings is 1. The molecule has 0 aliphatic heterocycles. The number of rotatable bonds is 3. The molecule has 122 valence electrons. The molecule has 1 aromatic carbocycles. The van der Waals surface area contributed by atoms with E-state index in [4.69, 9.17) is 0 Å². The number of nitrogens with one attached hydrogen (secondary N) is 1. The summed E-state index contributed by atoms with van der Waals surface area (Å²) in [6.07, 6.45) is 1.96. The zero-order valence-corrected chi connectivity index (χ0v) is 15.0. The van der Waals surface area contributed by atoms with Crippen LogP contribution in [0.15, 0.2) is 40.6 Å². The molecule has 1 aliphatic carbocycles. The molecule has 0 saturated heterocycles. The standard InChI is InChI=1S/C16H12N2O3S3/c1-24(20,21)13-7-6-11(22-13)15(19)18-16-17-14-10-5-3-2-4-9(10)8-12(14)23-16/h2-7H,8H2,1H3,(H,17,18,19). The van der Waals surface area contributed by atoms with Crippen LogP contribution in [0, 0.1) is 0 Å². The molecule has 2 aromatic heterocycles. The van der Waals surface area contributed by atoms with Gasteiger partial charge in [0.25, 0.3) is 5.91 Å². The minimum atomic E-state index is -3.29. The molecule has 24 heavy (non-hydrogen) atoms. The van der Waals surface area contributed by atoms with E-state index >= 15 is 0 Å². The Kier molecular flexibility index (Phi) is 3.56. The fourth-order valence-electron chi connectivity index (χ4n) is 2.61. The molecule has 0 bridgehead atoms. The third-order valence-corrected chi connectivity index (χ3v) is 7.59. The van der Waals surface area contributed by atoms with Gasteiger partial charge in [0.15, 0.2) is 15.0 Å². The number of anilines is 1. The monoisotopic (exact) mass is 376 g/mol. The number of carbonyl (C=O) groups is 1. The number of thiazole rings is 1. The van der Waals surface area contributed by atoms with Crippen molar-refractivity contribution in [2.24, 2.45) is 0 Å². The molecule has 0 atom stereocenters. The van der Waals surface area contributed by atoms with Crippen molar-refractivity contribution in [1.82, 2.24) is 4.98 Å². The van der Waals surface area contributed by atoms with Gasteiger partial charge in [-0.15, -0.1) is 22.7 Å². The van der Waals surface area contributed by atoms with Crippen LogP contribution in [0.1, 0.15) is 20.1 Å². The Balaban J connectivity index is 1.57. The fourth-order valence-corrected chi connectivity index (χ4v) is 5.43. The fraction of sp³-hybridized carbons (Fsp3) is 0.125.